The van der Waals surface area contributed by atoms with Crippen molar-refractivity contribution in [3.63, 3.8) is 0 Å². The van der Waals surface area contributed by atoms with Crippen molar-refractivity contribution in [2.45, 2.75) is 30.7 Å². The number of hydrogen-bond acceptors (Lipinski definition) is 5. The number of nitrogens with two attached hydrogens (primary N) is 1. The molecular weight excluding hydrogens is 380 g/mol. The van der Waals surface area contributed by atoms with Crippen LogP contribution in [0.5, 0.6) is 11.5 Å². The van der Waals surface area contributed by atoms with E-state index in [9.17, 15) is 13.2 Å². The summed E-state index contributed by atoms with van der Waals surface area (Å²) in [5, 5.41) is 8.22. The van der Waals surface area contributed by atoms with Crippen LogP contribution in [0.4, 0.5) is 0 Å². The molecule has 2 atom stereocenters. The van der Waals surface area contributed by atoms with Crippen molar-refractivity contribution in [3.05, 3.63) is 53.6 Å². The highest BCUT2D eigenvalue weighted by Crippen LogP contribution is 2.58. The van der Waals surface area contributed by atoms with Gasteiger partial charge in [-0.15, -0.1) is 0 Å². The maximum Gasteiger partial charge on any atom is 0.255 e. The van der Waals surface area contributed by atoms with Gasteiger partial charge in [0.15, 0.2) is 11.5 Å². The summed E-state index contributed by atoms with van der Waals surface area (Å²) >= 11 is 0. The lowest BCUT2D eigenvalue weighted by Gasteiger charge is -2.13. The van der Waals surface area contributed by atoms with Crippen LogP contribution in [-0.4, -0.2) is 34.6 Å². The van der Waals surface area contributed by atoms with E-state index < -0.39 is 10.0 Å². The fraction of sp³-hybridized carbons (Fsp3) is 0.350. The van der Waals surface area contributed by atoms with Gasteiger partial charge in [0.05, 0.1) is 24.7 Å². The highest BCUT2D eigenvalue weighted by molar-refractivity contribution is 7.89. The molecule has 2 aromatic rings. The summed E-state index contributed by atoms with van der Waals surface area (Å²) in [7, 11) is -0.722. The molecule has 0 spiro atoms. The molecule has 3 rings (SSSR count). The van der Waals surface area contributed by atoms with Crippen molar-refractivity contribution in [3.8, 4) is 11.5 Å². The molecule has 0 heterocycles. The van der Waals surface area contributed by atoms with Gasteiger partial charge in [-0.3, -0.25) is 4.79 Å². The number of carbonyl (C=O) groups is 1. The molecule has 0 aromatic heterocycles. The number of methoxy groups -OCH3 is 2. The molecule has 1 amide bonds. The smallest absolute Gasteiger partial charge is 0.255 e. The number of carbonyl (C=O) groups excluding carboxylic acids is 1. The Labute approximate surface area is 164 Å². The first-order valence-electron chi connectivity index (χ1n) is 8.76. The minimum absolute atomic E-state index is 0.0579. The van der Waals surface area contributed by atoms with Crippen molar-refractivity contribution in [1.82, 2.24) is 5.32 Å². The van der Waals surface area contributed by atoms with E-state index in [2.05, 4.69) is 19.2 Å². The third-order valence-corrected chi connectivity index (χ3v) is 6.26. The molecular formula is C20H24N2O5S. The van der Waals surface area contributed by atoms with Gasteiger partial charge in [-0.2, -0.15) is 0 Å². The average molecular weight is 404 g/mol. The Bertz CT molecular complexity index is 1000. The number of para-hydroxylation sites is 1. The normalized spacial score (nSPS) is 20.3. The zero-order valence-electron chi connectivity index (χ0n) is 16.2. The van der Waals surface area contributed by atoms with Crippen LogP contribution in [0.2, 0.25) is 0 Å². The monoisotopic (exact) mass is 404 g/mol. The van der Waals surface area contributed by atoms with E-state index in [1.165, 1.54) is 26.4 Å². The summed E-state index contributed by atoms with van der Waals surface area (Å²) in [6.45, 7) is 4.11. The minimum Gasteiger partial charge on any atom is -0.493 e. The van der Waals surface area contributed by atoms with E-state index in [1.54, 1.807) is 30.3 Å². The molecule has 1 aliphatic rings. The van der Waals surface area contributed by atoms with Crippen LogP contribution in [0, 0.1) is 5.41 Å². The fourth-order valence-electron chi connectivity index (χ4n) is 3.68. The van der Waals surface area contributed by atoms with E-state index in [1.807, 2.05) is 0 Å². The number of benzene rings is 2. The number of sulfonamides is 1. The summed E-state index contributed by atoms with van der Waals surface area (Å²) < 4.78 is 33.5. The number of nitrogens with one attached hydrogen (secondary N) is 1. The second-order valence-corrected chi connectivity index (χ2v) is 8.97. The van der Waals surface area contributed by atoms with Crippen molar-refractivity contribution in [1.29, 1.82) is 0 Å². The summed E-state index contributed by atoms with van der Waals surface area (Å²) in [4.78, 5) is 12.9. The summed E-state index contributed by atoms with van der Waals surface area (Å²) in [5.41, 5.74) is 1.17. The van der Waals surface area contributed by atoms with E-state index in [4.69, 9.17) is 14.6 Å². The Morgan fingerprint density at radius 1 is 1.07 bits per heavy atom. The lowest BCUT2D eigenvalue weighted by Crippen LogP contribution is -2.29. The Hall–Kier alpha value is -2.58. The number of primary sulfonamides is 1. The molecule has 150 valence electrons. The summed E-state index contributed by atoms with van der Waals surface area (Å²) in [6.07, 6.45) is 0. The number of rotatable bonds is 6. The lowest BCUT2D eigenvalue weighted by molar-refractivity contribution is 0.0942. The first-order chi connectivity index (χ1) is 13.1. The van der Waals surface area contributed by atoms with Crippen molar-refractivity contribution < 1.29 is 22.7 Å². The number of amides is 1. The van der Waals surface area contributed by atoms with E-state index in [0.717, 1.165) is 5.56 Å². The molecule has 0 radical (unpaired) electrons. The van der Waals surface area contributed by atoms with Crippen LogP contribution in [0.3, 0.4) is 0 Å². The number of hydrogen-bond donors (Lipinski definition) is 2. The molecule has 3 N–H and O–H groups in total. The first kappa shape index (κ1) is 20.2. The second-order valence-electron chi connectivity index (χ2n) is 7.41. The standard InChI is InChI=1S/C20H24N2O5S/c1-20(2)16(12-8-10-13(11-9-12)28(21,24)25)18(20)22-19(23)14-6-5-7-15(26-3)17(14)27-4/h5-11,16,18H,1-4H3,(H,22,23)(H2,21,24,25)/t16-,18-/m0/s1. The fourth-order valence-corrected chi connectivity index (χ4v) is 4.19. The third kappa shape index (κ3) is 3.57. The molecule has 0 unspecified atom stereocenters. The Morgan fingerprint density at radius 3 is 2.25 bits per heavy atom. The highest BCUT2D eigenvalue weighted by atomic mass is 32.2. The maximum atomic E-state index is 12.9. The molecule has 0 saturated heterocycles. The zero-order valence-corrected chi connectivity index (χ0v) is 17.0. The molecule has 28 heavy (non-hydrogen) atoms. The van der Waals surface area contributed by atoms with Gasteiger partial charge < -0.3 is 14.8 Å². The molecule has 0 aliphatic heterocycles. The molecule has 8 heteroatoms. The van der Waals surface area contributed by atoms with Crippen LogP contribution in [0.15, 0.2) is 47.4 Å². The van der Waals surface area contributed by atoms with Crippen molar-refractivity contribution in [2.75, 3.05) is 14.2 Å². The van der Waals surface area contributed by atoms with Gasteiger partial charge in [-0.05, 0) is 35.2 Å². The summed E-state index contributed by atoms with van der Waals surface area (Å²) in [5.74, 6) is 0.676. The van der Waals surface area contributed by atoms with Crippen LogP contribution in [-0.2, 0) is 10.0 Å². The van der Waals surface area contributed by atoms with Gasteiger partial charge in [-0.1, -0.05) is 32.0 Å². The predicted octanol–water partition coefficient (Wildman–Crippen LogP) is 2.27. The van der Waals surface area contributed by atoms with Gasteiger partial charge in [0.1, 0.15) is 0 Å². The lowest BCUT2D eigenvalue weighted by atomic mass is 10.0. The quantitative estimate of drug-likeness (QED) is 0.768. The molecule has 1 aliphatic carbocycles. The second kappa shape index (κ2) is 7.10. The summed E-state index contributed by atoms with van der Waals surface area (Å²) in [6, 6.07) is 11.5. The molecule has 0 bridgehead atoms. The van der Waals surface area contributed by atoms with Crippen LogP contribution < -0.4 is 19.9 Å². The molecule has 1 fully saturated rings. The van der Waals surface area contributed by atoms with E-state index in [-0.39, 0.29) is 28.2 Å². The highest BCUT2D eigenvalue weighted by Gasteiger charge is 2.59. The molecule has 7 nitrogen and oxygen atoms in total. The van der Waals surface area contributed by atoms with Gasteiger partial charge in [0, 0.05) is 12.0 Å². The topological polar surface area (TPSA) is 108 Å². The molecule has 2 aromatic carbocycles. The van der Waals surface area contributed by atoms with Crippen molar-refractivity contribution >= 4 is 15.9 Å². The van der Waals surface area contributed by atoms with Gasteiger partial charge in [-0.25, -0.2) is 13.6 Å². The zero-order chi connectivity index (χ0) is 20.7. The SMILES string of the molecule is COc1cccc(C(=O)N[C@H]2[C@H](c3ccc(S(N)(=O)=O)cc3)C2(C)C)c1OC. The Balaban J connectivity index is 1.81. The average Bonchev–Trinajstić information content (AvgIpc) is 3.19. The molecule has 1 saturated carbocycles. The van der Waals surface area contributed by atoms with E-state index >= 15 is 0 Å². The predicted molar refractivity (Wildman–Crippen MR) is 105 cm³/mol. The first-order valence-corrected chi connectivity index (χ1v) is 10.3. The van der Waals surface area contributed by atoms with Crippen LogP contribution >= 0.6 is 0 Å². The Morgan fingerprint density at radius 2 is 1.71 bits per heavy atom. The van der Waals surface area contributed by atoms with Crippen LogP contribution in [0.25, 0.3) is 0 Å². The van der Waals surface area contributed by atoms with Gasteiger partial charge in [0.25, 0.3) is 5.91 Å². The minimum atomic E-state index is -3.73. The third-order valence-electron chi connectivity index (χ3n) is 5.33. The van der Waals surface area contributed by atoms with E-state index in [0.29, 0.717) is 17.1 Å². The largest absolute Gasteiger partial charge is 0.493 e. The number of ether oxygens (including phenoxy) is 2. The maximum absolute atomic E-state index is 12.9. The Kier molecular flexibility index (Phi) is 5.12. The van der Waals surface area contributed by atoms with Crippen LogP contribution in [0.1, 0.15) is 35.7 Å². The van der Waals surface area contributed by atoms with Gasteiger partial charge in [0.2, 0.25) is 10.0 Å². The van der Waals surface area contributed by atoms with Gasteiger partial charge >= 0.3 is 0 Å². The van der Waals surface area contributed by atoms with Crippen molar-refractivity contribution in [2.24, 2.45) is 10.6 Å².